The number of hydrogen-bond acceptors (Lipinski definition) is 5. The average molecular weight is 226 g/mol. The van der Waals surface area contributed by atoms with Gasteiger partial charge in [-0.15, -0.1) is 0 Å². The van der Waals surface area contributed by atoms with Gasteiger partial charge in [0.2, 0.25) is 0 Å². The smallest absolute Gasteiger partial charge is 0.185 e. The maximum absolute atomic E-state index is 9.77. The summed E-state index contributed by atoms with van der Waals surface area (Å²) < 4.78 is 19.7. The molecule has 0 spiro atoms. The van der Waals surface area contributed by atoms with Gasteiger partial charge in [0.25, 0.3) is 0 Å². The van der Waals surface area contributed by atoms with Crippen molar-refractivity contribution in [2.24, 2.45) is 0 Å². The highest BCUT2D eigenvalue weighted by Gasteiger charge is 2.26. The van der Waals surface area contributed by atoms with Crippen molar-refractivity contribution in [1.82, 2.24) is 0 Å². The minimum absolute atomic E-state index is 0.375. The number of carbonyl (C=O) groups excluding carboxylic acids is 1. The number of carbonyl (C=O) groups is 1. The molecule has 0 aliphatic carbocycles. The van der Waals surface area contributed by atoms with Gasteiger partial charge in [-0.2, -0.15) is 0 Å². The fourth-order valence-corrected chi connectivity index (χ4v) is 1.02. The van der Waals surface area contributed by atoms with E-state index in [-0.39, 0.29) is 0 Å². The van der Waals surface area contributed by atoms with Crippen LogP contribution in [0.5, 0.6) is 0 Å². The summed E-state index contributed by atoms with van der Waals surface area (Å²) in [6.45, 7) is 3.26. The molecule has 88 valence electrons. The van der Waals surface area contributed by atoms with Crippen molar-refractivity contribution in [2.45, 2.75) is 12.2 Å². The number of aldehydes is 1. The molecule has 5 heteroatoms. The molecule has 5 nitrogen and oxygen atoms in total. The quantitative estimate of drug-likeness (QED) is 0.551. The first-order chi connectivity index (χ1) is 7.88. The largest absolute Gasteiger partial charge is 0.462 e. The second kappa shape index (κ2) is 5.79. The summed E-state index contributed by atoms with van der Waals surface area (Å²) in [7, 11) is 0. The van der Waals surface area contributed by atoms with Crippen LogP contribution in [0.1, 0.15) is 10.6 Å². The first-order valence-electron chi connectivity index (χ1n) is 5.18. The highest BCUT2D eigenvalue weighted by Crippen LogP contribution is 2.12. The monoisotopic (exact) mass is 226 g/mol. The van der Waals surface area contributed by atoms with Crippen molar-refractivity contribution >= 4 is 6.29 Å². The SMILES string of the molecule is C(OCC1CO1)C1CO1.O=Cc1ccco1. The Morgan fingerprint density at radius 2 is 1.94 bits per heavy atom. The van der Waals surface area contributed by atoms with E-state index >= 15 is 0 Å². The molecule has 0 amide bonds. The van der Waals surface area contributed by atoms with Crippen molar-refractivity contribution in [1.29, 1.82) is 0 Å². The number of rotatable bonds is 5. The van der Waals surface area contributed by atoms with Crippen LogP contribution in [0, 0.1) is 0 Å². The van der Waals surface area contributed by atoms with Gasteiger partial charge >= 0.3 is 0 Å². The Hall–Kier alpha value is -1.17. The molecule has 2 aliphatic heterocycles. The topological polar surface area (TPSA) is 64.5 Å². The van der Waals surface area contributed by atoms with E-state index in [1.54, 1.807) is 12.1 Å². The molecule has 2 aliphatic rings. The van der Waals surface area contributed by atoms with Gasteiger partial charge < -0.3 is 18.6 Å². The maximum Gasteiger partial charge on any atom is 0.185 e. The molecule has 1 aromatic rings. The Bertz CT molecular complexity index is 288. The Morgan fingerprint density at radius 1 is 1.31 bits per heavy atom. The lowest BCUT2D eigenvalue weighted by Crippen LogP contribution is -2.06. The lowest BCUT2D eigenvalue weighted by Gasteiger charge is -1.95. The molecule has 2 unspecified atom stereocenters. The van der Waals surface area contributed by atoms with Crippen LogP contribution in [0.3, 0.4) is 0 Å². The summed E-state index contributed by atoms with van der Waals surface area (Å²) >= 11 is 0. The molecular weight excluding hydrogens is 212 g/mol. The number of furan rings is 1. The van der Waals surface area contributed by atoms with E-state index in [9.17, 15) is 4.79 Å². The minimum atomic E-state index is 0.375. The summed E-state index contributed by atoms with van der Waals surface area (Å²) in [4.78, 5) is 9.77. The second-order valence-electron chi connectivity index (χ2n) is 3.58. The van der Waals surface area contributed by atoms with Crippen molar-refractivity contribution in [3.8, 4) is 0 Å². The van der Waals surface area contributed by atoms with Gasteiger partial charge in [0.05, 0.1) is 32.7 Å². The van der Waals surface area contributed by atoms with Crippen molar-refractivity contribution in [2.75, 3.05) is 26.4 Å². The number of ether oxygens (including phenoxy) is 3. The van der Waals surface area contributed by atoms with Crippen LogP contribution in [0.4, 0.5) is 0 Å². The fourth-order valence-electron chi connectivity index (χ4n) is 1.02. The molecular formula is C11H14O5. The number of hydrogen-bond donors (Lipinski definition) is 0. The van der Waals surface area contributed by atoms with Gasteiger partial charge in [0.1, 0.15) is 12.2 Å². The van der Waals surface area contributed by atoms with Gasteiger partial charge in [-0.1, -0.05) is 0 Å². The summed E-state index contributed by atoms with van der Waals surface area (Å²) in [5, 5.41) is 0. The fraction of sp³-hybridized carbons (Fsp3) is 0.545. The minimum Gasteiger partial charge on any atom is -0.462 e. The van der Waals surface area contributed by atoms with E-state index < -0.39 is 0 Å². The van der Waals surface area contributed by atoms with Crippen LogP contribution in [-0.4, -0.2) is 44.9 Å². The van der Waals surface area contributed by atoms with Crippen LogP contribution < -0.4 is 0 Å². The molecule has 3 heterocycles. The molecule has 2 saturated heterocycles. The molecule has 0 radical (unpaired) electrons. The van der Waals surface area contributed by atoms with Gasteiger partial charge in [0.15, 0.2) is 12.0 Å². The van der Waals surface area contributed by atoms with Crippen LogP contribution in [0.15, 0.2) is 22.8 Å². The van der Waals surface area contributed by atoms with Crippen LogP contribution in [0.2, 0.25) is 0 Å². The molecule has 16 heavy (non-hydrogen) atoms. The lowest BCUT2D eigenvalue weighted by atomic mass is 10.5. The second-order valence-corrected chi connectivity index (χ2v) is 3.58. The highest BCUT2D eigenvalue weighted by atomic mass is 16.6. The molecule has 0 saturated carbocycles. The molecule has 2 atom stereocenters. The first-order valence-corrected chi connectivity index (χ1v) is 5.18. The molecule has 2 fully saturated rings. The summed E-state index contributed by atoms with van der Waals surface area (Å²) in [5.74, 6) is 0.375. The average Bonchev–Trinajstić information content (AvgIpc) is 3.23. The standard InChI is InChI=1S/C6H10O3.C5H4O2/c1(5-3-8-5)7-2-6-4-9-6;6-4-5-2-1-3-7-5/h5-6H,1-4H2;1-4H. The lowest BCUT2D eigenvalue weighted by molar-refractivity contribution is 0.102. The van der Waals surface area contributed by atoms with E-state index in [0.717, 1.165) is 26.4 Å². The Morgan fingerprint density at radius 3 is 2.25 bits per heavy atom. The zero-order valence-electron chi connectivity index (χ0n) is 8.83. The zero-order chi connectivity index (χ0) is 11.2. The third-order valence-electron chi connectivity index (χ3n) is 2.07. The van der Waals surface area contributed by atoms with E-state index in [1.165, 1.54) is 6.26 Å². The Balaban J connectivity index is 0.000000125. The van der Waals surface area contributed by atoms with Crippen LogP contribution >= 0.6 is 0 Å². The third kappa shape index (κ3) is 4.57. The van der Waals surface area contributed by atoms with Gasteiger partial charge in [0, 0.05) is 0 Å². The maximum atomic E-state index is 9.77. The molecule has 0 aromatic carbocycles. The molecule has 0 N–H and O–H groups in total. The zero-order valence-corrected chi connectivity index (χ0v) is 8.83. The van der Waals surface area contributed by atoms with Crippen molar-refractivity contribution in [3.05, 3.63) is 24.2 Å². The van der Waals surface area contributed by atoms with E-state index in [0.29, 0.717) is 24.3 Å². The predicted octanol–water partition coefficient (Wildman–Crippen LogP) is 0.893. The Labute approximate surface area is 93.3 Å². The van der Waals surface area contributed by atoms with Gasteiger partial charge in [-0.3, -0.25) is 4.79 Å². The van der Waals surface area contributed by atoms with Crippen LogP contribution in [0.25, 0.3) is 0 Å². The van der Waals surface area contributed by atoms with E-state index in [2.05, 4.69) is 4.42 Å². The van der Waals surface area contributed by atoms with Crippen molar-refractivity contribution < 1.29 is 23.4 Å². The molecule has 3 rings (SSSR count). The summed E-state index contributed by atoms with van der Waals surface area (Å²) in [5.41, 5.74) is 0. The highest BCUT2D eigenvalue weighted by molar-refractivity contribution is 5.69. The van der Waals surface area contributed by atoms with Gasteiger partial charge in [-0.25, -0.2) is 0 Å². The predicted molar refractivity (Wildman–Crippen MR) is 54.4 cm³/mol. The summed E-state index contributed by atoms with van der Waals surface area (Å²) in [6, 6.07) is 3.27. The molecule has 0 bridgehead atoms. The Kier molecular flexibility index (Phi) is 4.10. The number of epoxide rings is 2. The van der Waals surface area contributed by atoms with E-state index in [1.807, 2.05) is 0 Å². The van der Waals surface area contributed by atoms with E-state index in [4.69, 9.17) is 14.2 Å². The summed E-state index contributed by atoms with van der Waals surface area (Å²) in [6.07, 6.45) is 2.91. The normalized spacial score (nSPS) is 25.5. The first kappa shape index (κ1) is 11.3. The van der Waals surface area contributed by atoms with Gasteiger partial charge in [-0.05, 0) is 12.1 Å². The molecule has 1 aromatic heterocycles. The third-order valence-corrected chi connectivity index (χ3v) is 2.07. The van der Waals surface area contributed by atoms with Crippen molar-refractivity contribution in [3.63, 3.8) is 0 Å². The van der Waals surface area contributed by atoms with Crippen LogP contribution in [-0.2, 0) is 14.2 Å².